The minimum atomic E-state index is -0.381. The average Bonchev–Trinajstić information content (AvgIpc) is 2.84. The zero-order valence-corrected chi connectivity index (χ0v) is 16.9. The smallest absolute Gasteiger partial charge is 0.138 e. The first-order valence-electron chi connectivity index (χ1n) is 10.0. The number of nitriles is 1. The van der Waals surface area contributed by atoms with Gasteiger partial charge in [0, 0.05) is 18.0 Å². The number of aliphatic imine (C=N–C) groups is 1. The van der Waals surface area contributed by atoms with Crippen LogP contribution in [0, 0.1) is 11.3 Å². The normalized spacial score (nSPS) is 11.7. The maximum absolute atomic E-state index is 9.80. The summed E-state index contributed by atoms with van der Waals surface area (Å²) in [5.74, 6) is 0.300. The van der Waals surface area contributed by atoms with Crippen molar-refractivity contribution in [3.63, 3.8) is 0 Å². The lowest BCUT2D eigenvalue weighted by Gasteiger charge is -2.12. The molecule has 150 valence electrons. The second-order valence-electron chi connectivity index (χ2n) is 7.02. The Labute approximate surface area is 182 Å². The van der Waals surface area contributed by atoms with Crippen LogP contribution in [0.5, 0.6) is 5.75 Å². The van der Waals surface area contributed by atoms with Gasteiger partial charge in [0.25, 0.3) is 0 Å². The van der Waals surface area contributed by atoms with Crippen molar-refractivity contribution in [1.82, 2.24) is 4.98 Å². The summed E-state index contributed by atoms with van der Waals surface area (Å²) in [6, 6.07) is 31.8. The van der Waals surface area contributed by atoms with Crippen LogP contribution in [0.15, 0.2) is 108 Å². The molecule has 0 aliphatic rings. The SMILES string of the molecule is N#CC(c1ccccc1)c1ccccc1N=Cc1cncc(OCc2ccccc2)c1. The lowest BCUT2D eigenvalue weighted by atomic mass is 9.91. The number of hydrogen-bond donors (Lipinski definition) is 0. The predicted molar refractivity (Wildman–Crippen MR) is 123 cm³/mol. The average molecular weight is 403 g/mol. The Morgan fingerprint density at radius 2 is 1.61 bits per heavy atom. The first-order chi connectivity index (χ1) is 15.3. The van der Waals surface area contributed by atoms with E-state index in [1.165, 1.54) is 0 Å². The van der Waals surface area contributed by atoms with Gasteiger partial charge in [-0.05, 0) is 28.8 Å². The molecule has 0 amide bonds. The van der Waals surface area contributed by atoms with Crippen molar-refractivity contribution in [2.45, 2.75) is 12.5 Å². The highest BCUT2D eigenvalue weighted by molar-refractivity contribution is 5.82. The molecule has 0 N–H and O–H groups in total. The molecule has 0 fully saturated rings. The summed E-state index contributed by atoms with van der Waals surface area (Å²) in [6.07, 6.45) is 5.18. The van der Waals surface area contributed by atoms with Crippen LogP contribution in [0.1, 0.15) is 28.2 Å². The molecule has 4 aromatic rings. The van der Waals surface area contributed by atoms with Gasteiger partial charge in [-0.25, -0.2) is 0 Å². The number of ether oxygens (including phenoxy) is 1. The Balaban J connectivity index is 1.54. The first kappa shape index (κ1) is 20.1. The lowest BCUT2D eigenvalue weighted by molar-refractivity contribution is 0.305. The van der Waals surface area contributed by atoms with Crippen LogP contribution in [0.4, 0.5) is 5.69 Å². The van der Waals surface area contributed by atoms with Crippen LogP contribution in [0.25, 0.3) is 0 Å². The summed E-state index contributed by atoms with van der Waals surface area (Å²) in [7, 11) is 0. The maximum Gasteiger partial charge on any atom is 0.138 e. The fraction of sp³-hybridized carbons (Fsp3) is 0.0741. The maximum atomic E-state index is 9.80. The van der Waals surface area contributed by atoms with E-state index in [0.717, 1.165) is 27.9 Å². The summed E-state index contributed by atoms with van der Waals surface area (Å²) in [6.45, 7) is 0.479. The van der Waals surface area contributed by atoms with E-state index >= 15 is 0 Å². The Hall–Kier alpha value is -4.23. The third kappa shape index (κ3) is 5.23. The van der Waals surface area contributed by atoms with Crippen LogP contribution in [-0.4, -0.2) is 11.2 Å². The van der Waals surface area contributed by atoms with Crippen LogP contribution in [-0.2, 0) is 6.61 Å². The van der Waals surface area contributed by atoms with Gasteiger partial charge < -0.3 is 4.74 Å². The molecule has 1 unspecified atom stereocenters. The quantitative estimate of drug-likeness (QED) is 0.352. The Bertz CT molecular complexity index is 1200. The Morgan fingerprint density at radius 3 is 2.39 bits per heavy atom. The molecule has 0 aliphatic carbocycles. The van der Waals surface area contributed by atoms with Crippen LogP contribution >= 0.6 is 0 Å². The molecule has 0 saturated carbocycles. The van der Waals surface area contributed by atoms with Crippen molar-refractivity contribution in [2.75, 3.05) is 0 Å². The predicted octanol–water partition coefficient (Wildman–Crippen LogP) is 6.07. The van der Waals surface area contributed by atoms with Crippen molar-refractivity contribution in [1.29, 1.82) is 5.26 Å². The minimum absolute atomic E-state index is 0.381. The molecular formula is C27H21N3O. The van der Waals surface area contributed by atoms with E-state index in [9.17, 15) is 5.26 Å². The summed E-state index contributed by atoms with van der Waals surface area (Å²) in [4.78, 5) is 8.92. The van der Waals surface area contributed by atoms with E-state index in [2.05, 4.69) is 16.0 Å². The zero-order valence-electron chi connectivity index (χ0n) is 16.9. The molecule has 0 spiro atoms. The summed E-state index contributed by atoms with van der Waals surface area (Å²) in [5.41, 5.74) is 4.50. The number of nitrogens with zero attached hydrogens (tertiary/aromatic N) is 3. The molecule has 31 heavy (non-hydrogen) atoms. The number of hydrogen-bond acceptors (Lipinski definition) is 4. The van der Waals surface area contributed by atoms with Crippen molar-refractivity contribution < 1.29 is 4.74 Å². The zero-order chi connectivity index (χ0) is 21.3. The third-order valence-corrected chi connectivity index (χ3v) is 4.85. The van der Waals surface area contributed by atoms with Gasteiger partial charge in [-0.3, -0.25) is 9.98 Å². The number of para-hydroxylation sites is 1. The largest absolute Gasteiger partial charge is 0.487 e. The van der Waals surface area contributed by atoms with E-state index in [0.29, 0.717) is 12.4 Å². The second kappa shape index (κ2) is 10.00. The number of rotatable bonds is 7. The molecule has 0 saturated heterocycles. The number of pyridine rings is 1. The highest BCUT2D eigenvalue weighted by atomic mass is 16.5. The van der Waals surface area contributed by atoms with Crippen molar-refractivity contribution in [2.24, 2.45) is 4.99 Å². The van der Waals surface area contributed by atoms with Gasteiger partial charge in [0.1, 0.15) is 12.4 Å². The first-order valence-corrected chi connectivity index (χ1v) is 10.0. The number of benzene rings is 3. The number of aromatic nitrogens is 1. The third-order valence-electron chi connectivity index (χ3n) is 4.85. The van der Waals surface area contributed by atoms with E-state index in [1.807, 2.05) is 91.0 Å². The molecule has 1 atom stereocenters. The molecular weight excluding hydrogens is 382 g/mol. The monoisotopic (exact) mass is 403 g/mol. The minimum Gasteiger partial charge on any atom is -0.487 e. The fourth-order valence-electron chi connectivity index (χ4n) is 3.29. The van der Waals surface area contributed by atoms with Crippen molar-refractivity contribution in [3.05, 3.63) is 126 Å². The Kier molecular flexibility index (Phi) is 6.47. The van der Waals surface area contributed by atoms with Crippen molar-refractivity contribution >= 4 is 11.9 Å². The summed E-state index contributed by atoms with van der Waals surface area (Å²) < 4.78 is 5.85. The van der Waals surface area contributed by atoms with Gasteiger partial charge in [0.15, 0.2) is 0 Å². The van der Waals surface area contributed by atoms with Crippen LogP contribution < -0.4 is 4.74 Å². The fourth-order valence-corrected chi connectivity index (χ4v) is 3.29. The van der Waals surface area contributed by atoms with E-state index in [1.54, 1.807) is 18.6 Å². The second-order valence-corrected chi connectivity index (χ2v) is 7.02. The van der Waals surface area contributed by atoms with E-state index < -0.39 is 0 Å². The molecule has 1 aromatic heterocycles. The summed E-state index contributed by atoms with van der Waals surface area (Å²) in [5, 5.41) is 9.80. The van der Waals surface area contributed by atoms with Gasteiger partial charge in [0.2, 0.25) is 0 Å². The molecule has 4 rings (SSSR count). The summed E-state index contributed by atoms with van der Waals surface area (Å²) >= 11 is 0. The van der Waals surface area contributed by atoms with Gasteiger partial charge in [-0.1, -0.05) is 78.9 Å². The van der Waals surface area contributed by atoms with Gasteiger partial charge in [0.05, 0.1) is 23.9 Å². The highest BCUT2D eigenvalue weighted by Gasteiger charge is 2.16. The van der Waals surface area contributed by atoms with Gasteiger partial charge in [-0.2, -0.15) is 5.26 Å². The molecule has 0 aliphatic heterocycles. The van der Waals surface area contributed by atoms with Crippen LogP contribution in [0.2, 0.25) is 0 Å². The molecule has 0 bridgehead atoms. The molecule has 1 heterocycles. The molecule has 0 radical (unpaired) electrons. The highest BCUT2D eigenvalue weighted by Crippen LogP contribution is 2.31. The standard InChI is InChI=1S/C27H21N3O/c28-16-26(23-11-5-2-6-12-23)25-13-7-8-14-27(25)30-18-22-15-24(19-29-17-22)31-20-21-9-3-1-4-10-21/h1-15,17-19,26H,20H2. The van der Waals surface area contributed by atoms with Crippen LogP contribution in [0.3, 0.4) is 0 Å². The molecule has 4 heteroatoms. The Morgan fingerprint density at radius 1 is 0.903 bits per heavy atom. The molecule has 3 aromatic carbocycles. The lowest BCUT2D eigenvalue weighted by Crippen LogP contribution is -1.98. The van der Waals surface area contributed by atoms with Gasteiger partial charge >= 0.3 is 0 Å². The van der Waals surface area contributed by atoms with E-state index in [-0.39, 0.29) is 5.92 Å². The molecule has 4 nitrogen and oxygen atoms in total. The topological polar surface area (TPSA) is 58.3 Å². The van der Waals surface area contributed by atoms with Gasteiger partial charge in [-0.15, -0.1) is 0 Å². The van der Waals surface area contributed by atoms with Crippen molar-refractivity contribution in [3.8, 4) is 11.8 Å². The van der Waals surface area contributed by atoms with E-state index in [4.69, 9.17) is 4.74 Å².